The first kappa shape index (κ1) is 42.3. The summed E-state index contributed by atoms with van der Waals surface area (Å²) in [4.78, 5) is 37.1. The summed E-state index contributed by atoms with van der Waals surface area (Å²) in [5.74, 6) is -0.452. The van der Waals surface area contributed by atoms with Crippen LogP contribution in [0.25, 0.3) is 22.2 Å². The van der Waals surface area contributed by atoms with Crippen LogP contribution in [0.5, 0.6) is 11.5 Å². The van der Waals surface area contributed by atoms with Gasteiger partial charge in [0.1, 0.15) is 17.1 Å². The monoisotopic (exact) mass is 864 g/mol. The fraction of sp³-hybridized carbons (Fsp3) is 0.348. The van der Waals surface area contributed by atoms with Crippen molar-refractivity contribution in [3.63, 3.8) is 0 Å². The second-order valence-corrected chi connectivity index (χ2v) is 18.8. The highest BCUT2D eigenvalue weighted by atomic mass is 35.5. The molecule has 15 heteroatoms. The molecule has 5 aromatic rings. The van der Waals surface area contributed by atoms with Crippen molar-refractivity contribution < 1.29 is 27.6 Å². The van der Waals surface area contributed by atoms with Crippen LogP contribution in [0.15, 0.2) is 102 Å². The zero-order valence-electron chi connectivity index (χ0n) is 34.3. The van der Waals surface area contributed by atoms with Gasteiger partial charge in [0.15, 0.2) is 0 Å². The van der Waals surface area contributed by atoms with Crippen LogP contribution in [0.1, 0.15) is 66.6 Å². The van der Waals surface area contributed by atoms with Crippen LogP contribution in [0.2, 0.25) is 5.02 Å². The smallest absolute Gasteiger partial charge is 0.274 e. The first-order valence-corrected chi connectivity index (χ1v) is 22.4. The molecule has 0 radical (unpaired) electrons. The quantitative estimate of drug-likeness (QED) is 0.0866. The van der Waals surface area contributed by atoms with Crippen molar-refractivity contribution in [2.45, 2.75) is 50.8 Å². The van der Waals surface area contributed by atoms with Crippen molar-refractivity contribution in [1.82, 2.24) is 24.5 Å². The summed E-state index contributed by atoms with van der Waals surface area (Å²) >= 11 is 6.24. The summed E-state index contributed by atoms with van der Waals surface area (Å²) in [5, 5.41) is 13.6. The molecule has 0 spiro atoms. The lowest BCUT2D eigenvalue weighted by atomic mass is 9.72. The van der Waals surface area contributed by atoms with Crippen LogP contribution in [0.3, 0.4) is 0 Å². The molecule has 4 heterocycles. The number of benzene rings is 3. The number of nitrogens with one attached hydrogen (secondary N) is 2. The van der Waals surface area contributed by atoms with Crippen LogP contribution in [-0.4, -0.2) is 91.5 Å². The number of nitro groups is 1. The molecule has 1 saturated heterocycles. The van der Waals surface area contributed by atoms with Gasteiger partial charge in [0.05, 0.1) is 34.8 Å². The summed E-state index contributed by atoms with van der Waals surface area (Å²) in [7, 11) is -4.54. The second kappa shape index (κ2) is 17.9. The number of hydrogen-bond acceptors (Lipinski definition) is 10. The summed E-state index contributed by atoms with van der Waals surface area (Å²) in [6, 6.07) is 20.6. The number of halogens is 1. The van der Waals surface area contributed by atoms with Crippen LogP contribution in [-0.2, 0) is 21.2 Å². The maximum Gasteiger partial charge on any atom is 0.274 e. The molecule has 318 valence electrons. The predicted molar refractivity (Wildman–Crippen MR) is 236 cm³/mol. The van der Waals surface area contributed by atoms with Gasteiger partial charge >= 0.3 is 0 Å². The first-order chi connectivity index (χ1) is 29.3. The van der Waals surface area contributed by atoms with Gasteiger partial charge < -0.3 is 14.5 Å². The van der Waals surface area contributed by atoms with E-state index in [1.165, 1.54) is 35.0 Å². The summed E-state index contributed by atoms with van der Waals surface area (Å²) in [6.07, 6.45) is 9.79. The number of sulfonamides is 1. The molecule has 3 aliphatic rings. The molecule has 0 bridgehead atoms. The van der Waals surface area contributed by atoms with Crippen molar-refractivity contribution in [2.75, 3.05) is 52.5 Å². The average molecular weight is 865 g/mol. The molecular formula is C46H49ClN6O7S. The fourth-order valence-corrected chi connectivity index (χ4v) is 9.49. The zero-order chi connectivity index (χ0) is 42.7. The number of allylic oxidation sites excluding steroid dienone is 1. The van der Waals surface area contributed by atoms with Crippen molar-refractivity contribution >= 4 is 55.4 Å². The summed E-state index contributed by atoms with van der Waals surface area (Å²) < 4.78 is 41.2. The number of ether oxygens (including phenoxy) is 2. The Hall–Kier alpha value is -5.38. The molecule has 2 aromatic heterocycles. The van der Waals surface area contributed by atoms with Gasteiger partial charge in [0.2, 0.25) is 0 Å². The number of carbonyl (C=O) groups excluding carboxylic acids is 1. The van der Waals surface area contributed by atoms with E-state index < -0.39 is 25.7 Å². The normalized spacial score (nSPS) is 17.6. The Morgan fingerprint density at radius 3 is 2.54 bits per heavy atom. The fourth-order valence-electron chi connectivity index (χ4n) is 8.38. The highest BCUT2D eigenvalue weighted by molar-refractivity contribution is 7.90. The molecule has 13 nitrogen and oxygen atoms in total. The van der Waals surface area contributed by atoms with E-state index in [4.69, 9.17) is 21.1 Å². The number of H-pyrrole nitrogens is 1. The molecule has 0 saturated carbocycles. The Bertz CT molecular complexity index is 2630. The summed E-state index contributed by atoms with van der Waals surface area (Å²) in [5.41, 5.74) is 6.94. The maximum atomic E-state index is 13.9. The topological polar surface area (TPSA) is 160 Å². The molecule has 61 heavy (non-hydrogen) atoms. The molecule has 8 rings (SSSR count). The van der Waals surface area contributed by atoms with Crippen LogP contribution < -0.4 is 9.46 Å². The van der Waals surface area contributed by atoms with Gasteiger partial charge in [-0.2, -0.15) is 0 Å². The van der Waals surface area contributed by atoms with E-state index in [2.05, 4.69) is 56.5 Å². The Balaban J connectivity index is 1.03. The predicted octanol–water partition coefficient (Wildman–Crippen LogP) is 8.66. The van der Waals surface area contributed by atoms with E-state index in [0.29, 0.717) is 43.1 Å². The van der Waals surface area contributed by atoms with E-state index in [9.17, 15) is 23.3 Å². The van der Waals surface area contributed by atoms with Gasteiger partial charge in [-0.1, -0.05) is 61.4 Å². The number of carbonyl (C=O) groups is 1. The maximum absolute atomic E-state index is 13.9. The minimum atomic E-state index is -4.54. The minimum absolute atomic E-state index is 0.0296. The Kier molecular flexibility index (Phi) is 12.4. The third-order valence-corrected chi connectivity index (χ3v) is 13.5. The van der Waals surface area contributed by atoms with E-state index in [1.54, 1.807) is 30.5 Å². The van der Waals surface area contributed by atoms with E-state index >= 15 is 0 Å². The Morgan fingerprint density at radius 1 is 1.00 bits per heavy atom. The lowest BCUT2D eigenvalue weighted by Gasteiger charge is -2.36. The number of nitrogens with zero attached hydrogens (tertiary/aromatic N) is 4. The highest BCUT2D eigenvalue weighted by Gasteiger charge is 2.30. The first-order valence-electron chi connectivity index (χ1n) is 20.6. The third-order valence-electron chi connectivity index (χ3n) is 11.9. The van der Waals surface area contributed by atoms with Crippen molar-refractivity contribution in [1.29, 1.82) is 0 Å². The van der Waals surface area contributed by atoms with Gasteiger partial charge in [-0.25, -0.2) is 18.1 Å². The third kappa shape index (κ3) is 10.1. The van der Waals surface area contributed by atoms with E-state index in [-0.39, 0.29) is 22.4 Å². The van der Waals surface area contributed by atoms with E-state index in [1.807, 2.05) is 18.2 Å². The Morgan fingerprint density at radius 2 is 1.79 bits per heavy atom. The Labute approximate surface area is 360 Å². The van der Waals surface area contributed by atoms with Gasteiger partial charge in [-0.3, -0.25) is 24.7 Å². The largest absolute Gasteiger partial charge is 0.455 e. The van der Waals surface area contributed by atoms with Crippen molar-refractivity contribution in [3.05, 3.63) is 134 Å². The number of aromatic amines is 1. The number of hydrogen-bond donors (Lipinski definition) is 2. The van der Waals surface area contributed by atoms with Gasteiger partial charge in [0.25, 0.3) is 21.6 Å². The molecular weight excluding hydrogens is 816 g/mol. The lowest BCUT2D eigenvalue weighted by Crippen LogP contribution is -2.37. The number of pyridine rings is 1. The number of amides is 1. The van der Waals surface area contributed by atoms with Gasteiger partial charge in [-0.15, -0.1) is 0 Å². The molecule has 2 N–H and O–H groups in total. The van der Waals surface area contributed by atoms with Crippen LogP contribution in [0.4, 0.5) is 5.69 Å². The van der Waals surface area contributed by atoms with Gasteiger partial charge in [-0.05, 0) is 102 Å². The zero-order valence-corrected chi connectivity index (χ0v) is 35.9. The molecule has 0 atom stereocenters. The number of fused-ring (bicyclic) bond motifs is 1. The van der Waals surface area contributed by atoms with Crippen molar-refractivity contribution in [3.8, 4) is 11.5 Å². The number of rotatable bonds is 13. The molecule has 0 unspecified atom stereocenters. The standard InChI is InChI=1S/C46H49ClN6O7S/c1-46(2)16-11-36(41(28-46)32-3-7-37(47)8-4-32)30-52-19-13-31(14-20-52)34-6-10-40(43(26-34)60-38-25-35-12-17-48-44(35)49-29-38)45(54)50-61(57,58)39-9-5-33(42(27-39)53(55)56)15-18-51-21-23-59-24-22-51/h3-10,12-13,17,25-27,29H,11,14-16,18-24,28,30H2,1-2H3,(H,48,49)(H,50,54). The summed E-state index contributed by atoms with van der Waals surface area (Å²) in [6.45, 7) is 10.3. The molecule has 3 aromatic carbocycles. The van der Waals surface area contributed by atoms with Crippen LogP contribution in [0, 0.1) is 15.5 Å². The molecule has 2 aliphatic heterocycles. The van der Waals surface area contributed by atoms with Crippen molar-refractivity contribution in [2.24, 2.45) is 5.41 Å². The molecule has 1 amide bonds. The highest BCUT2D eigenvalue weighted by Crippen LogP contribution is 2.44. The lowest BCUT2D eigenvalue weighted by molar-refractivity contribution is -0.385. The minimum Gasteiger partial charge on any atom is -0.455 e. The average Bonchev–Trinajstić information content (AvgIpc) is 3.72. The van der Waals surface area contributed by atoms with Gasteiger partial charge in [0, 0.05) is 67.5 Å². The SMILES string of the molecule is CC1(C)CCC(CN2CC=C(c3ccc(C(=O)NS(=O)(=O)c4ccc(CCN5CCOCC5)c([N+](=O)[O-])c4)c(Oc4cnc5[nH]ccc5c4)c3)CC2)=C(c2ccc(Cl)cc2)C1. The van der Waals surface area contributed by atoms with E-state index in [0.717, 1.165) is 86.0 Å². The molecule has 1 fully saturated rings. The number of nitro benzene ring substituents is 1. The molecule has 1 aliphatic carbocycles. The second-order valence-electron chi connectivity index (χ2n) is 16.7. The van der Waals surface area contributed by atoms with Crippen LogP contribution >= 0.6 is 11.6 Å². The number of morpholine rings is 1. The number of aromatic nitrogens is 2.